The van der Waals surface area contributed by atoms with Crippen molar-refractivity contribution in [2.75, 3.05) is 0 Å². The van der Waals surface area contributed by atoms with Crippen LogP contribution in [-0.4, -0.2) is 0 Å². The quantitative estimate of drug-likeness (QED) is 0.345. The Kier molecular flexibility index (Phi) is 12.5. The van der Waals surface area contributed by atoms with Gasteiger partial charge in [0.2, 0.25) is 0 Å². The van der Waals surface area contributed by atoms with Gasteiger partial charge >= 0.3 is 0 Å². The molecule has 0 amide bonds. The highest BCUT2D eigenvalue weighted by molar-refractivity contribution is 4.70. The molecule has 0 aliphatic heterocycles. The zero-order valence-corrected chi connectivity index (χ0v) is 12.8. The van der Waals surface area contributed by atoms with Crippen LogP contribution in [0.15, 0.2) is 0 Å². The summed E-state index contributed by atoms with van der Waals surface area (Å²) in [4.78, 5) is 0. The largest absolute Gasteiger partial charge is 0.0654 e. The summed E-state index contributed by atoms with van der Waals surface area (Å²) in [6.07, 6.45) is 16.4. The Bertz CT molecular complexity index is 135. The highest BCUT2D eigenvalue weighted by atomic mass is 14.1. The lowest BCUT2D eigenvalue weighted by atomic mass is 9.91. The first-order valence-electron chi connectivity index (χ1n) is 8.09. The molecule has 1 unspecified atom stereocenters. The van der Waals surface area contributed by atoms with Gasteiger partial charge in [-0.1, -0.05) is 79.1 Å². The van der Waals surface area contributed by atoms with Crippen molar-refractivity contribution in [1.29, 1.82) is 0 Å². The lowest BCUT2D eigenvalue weighted by molar-refractivity contribution is 0.410. The SMILES string of the molecule is CCCCC(CC)CC[CH]CCC(CC)CC. The molecule has 0 aromatic heterocycles. The minimum Gasteiger partial charge on any atom is -0.0654 e. The summed E-state index contributed by atoms with van der Waals surface area (Å²) < 4.78 is 0. The zero-order chi connectivity index (χ0) is 12.9. The third-order valence-electron chi connectivity index (χ3n) is 4.26. The summed E-state index contributed by atoms with van der Waals surface area (Å²) in [7, 11) is 0. The Morgan fingerprint density at radius 3 is 1.71 bits per heavy atom. The van der Waals surface area contributed by atoms with Crippen LogP contribution < -0.4 is 0 Å². The monoisotopic (exact) mass is 239 g/mol. The van der Waals surface area contributed by atoms with Gasteiger partial charge in [-0.2, -0.15) is 0 Å². The summed E-state index contributed by atoms with van der Waals surface area (Å²) in [6.45, 7) is 9.30. The van der Waals surface area contributed by atoms with E-state index in [4.69, 9.17) is 0 Å². The van der Waals surface area contributed by atoms with E-state index in [1.165, 1.54) is 64.2 Å². The van der Waals surface area contributed by atoms with Crippen molar-refractivity contribution in [3.63, 3.8) is 0 Å². The van der Waals surface area contributed by atoms with Crippen LogP contribution in [0.1, 0.15) is 91.9 Å². The maximum Gasteiger partial charge on any atom is -0.0386 e. The lowest BCUT2D eigenvalue weighted by Crippen LogP contribution is -2.00. The van der Waals surface area contributed by atoms with Gasteiger partial charge in [0.15, 0.2) is 0 Å². The van der Waals surface area contributed by atoms with Crippen LogP contribution in [0.4, 0.5) is 0 Å². The van der Waals surface area contributed by atoms with Crippen molar-refractivity contribution < 1.29 is 0 Å². The molecule has 1 radical (unpaired) electrons. The molecule has 0 nitrogen and oxygen atoms in total. The van der Waals surface area contributed by atoms with Gasteiger partial charge in [-0.25, -0.2) is 0 Å². The van der Waals surface area contributed by atoms with Crippen LogP contribution in [0.3, 0.4) is 0 Å². The molecule has 0 aliphatic rings. The summed E-state index contributed by atoms with van der Waals surface area (Å²) >= 11 is 0. The molecule has 0 spiro atoms. The van der Waals surface area contributed by atoms with Gasteiger partial charge in [-0.3, -0.25) is 0 Å². The van der Waals surface area contributed by atoms with Crippen LogP contribution in [0.25, 0.3) is 0 Å². The molecule has 0 aromatic carbocycles. The van der Waals surface area contributed by atoms with Gasteiger partial charge in [0, 0.05) is 0 Å². The van der Waals surface area contributed by atoms with E-state index in [-0.39, 0.29) is 0 Å². The van der Waals surface area contributed by atoms with Crippen LogP contribution in [0.2, 0.25) is 0 Å². The van der Waals surface area contributed by atoms with Gasteiger partial charge < -0.3 is 0 Å². The minimum atomic E-state index is 0.966. The Morgan fingerprint density at radius 1 is 0.706 bits per heavy atom. The van der Waals surface area contributed by atoms with Gasteiger partial charge in [0.25, 0.3) is 0 Å². The smallest absolute Gasteiger partial charge is 0.0386 e. The molecule has 0 fully saturated rings. The van der Waals surface area contributed by atoms with Crippen molar-refractivity contribution in [1.82, 2.24) is 0 Å². The number of hydrogen-bond donors (Lipinski definition) is 0. The summed E-state index contributed by atoms with van der Waals surface area (Å²) in [5.41, 5.74) is 0. The summed E-state index contributed by atoms with van der Waals surface area (Å²) in [5, 5.41) is 0. The van der Waals surface area contributed by atoms with E-state index in [9.17, 15) is 0 Å². The fourth-order valence-electron chi connectivity index (χ4n) is 2.59. The standard InChI is InChI=1S/C17H35/c1-5-9-13-17(8-4)15-12-10-11-14-16(6-2)7-3/h10,16-17H,5-9,11-15H2,1-4H3. The van der Waals surface area contributed by atoms with E-state index < -0.39 is 0 Å². The van der Waals surface area contributed by atoms with Crippen LogP contribution in [0.5, 0.6) is 0 Å². The first-order valence-corrected chi connectivity index (χ1v) is 8.09. The van der Waals surface area contributed by atoms with E-state index in [0.717, 1.165) is 11.8 Å². The third kappa shape index (κ3) is 9.68. The number of unbranched alkanes of at least 4 members (excludes halogenated alkanes) is 3. The average Bonchev–Trinajstić information content (AvgIpc) is 2.37. The average molecular weight is 239 g/mol. The van der Waals surface area contributed by atoms with E-state index in [0.29, 0.717) is 0 Å². The van der Waals surface area contributed by atoms with Crippen molar-refractivity contribution in [3.05, 3.63) is 6.42 Å². The van der Waals surface area contributed by atoms with E-state index >= 15 is 0 Å². The molecular formula is C17H35. The Hall–Kier alpha value is 0. The molecule has 1 atom stereocenters. The van der Waals surface area contributed by atoms with Crippen molar-refractivity contribution >= 4 is 0 Å². The molecule has 0 N–H and O–H groups in total. The molecule has 0 heteroatoms. The van der Waals surface area contributed by atoms with Crippen LogP contribution in [0, 0.1) is 18.3 Å². The van der Waals surface area contributed by atoms with E-state index in [2.05, 4.69) is 34.1 Å². The highest BCUT2D eigenvalue weighted by Crippen LogP contribution is 2.21. The number of rotatable bonds is 12. The molecule has 0 saturated heterocycles. The van der Waals surface area contributed by atoms with Gasteiger partial charge in [0.05, 0.1) is 0 Å². The van der Waals surface area contributed by atoms with Gasteiger partial charge in [-0.05, 0) is 31.1 Å². The molecule has 0 aliphatic carbocycles. The molecular weight excluding hydrogens is 204 g/mol. The minimum absolute atomic E-state index is 0.966. The second-order valence-corrected chi connectivity index (χ2v) is 5.54. The Labute approximate surface area is 111 Å². The maximum atomic E-state index is 2.55. The predicted octanol–water partition coefficient (Wildman–Crippen LogP) is 6.40. The summed E-state index contributed by atoms with van der Waals surface area (Å²) in [6, 6.07) is 0. The van der Waals surface area contributed by atoms with E-state index in [1.54, 1.807) is 0 Å². The predicted molar refractivity (Wildman–Crippen MR) is 80.1 cm³/mol. The highest BCUT2D eigenvalue weighted by Gasteiger charge is 2.06. The molecule has 103 valence electrons. The van der Waals surface area contributed by atoms with Gasteiger partial charge in [-0.15, -0.1) is 0 Å². The molecule has 0 rings (SSSR count). The molecule has 0 bridgehead atoms. The van der Waals surface area contributed by atoms with E-state index in [1.807, 2.05) is 0 Å². The first kappa shape index (κ1) is 17.0. The fourth-order valence-corrected chi connectivity index (χ4v) is 2.59. The van der Waals surface area contributed by atoms with Crippen molar-refractivity contribution in [2.24, 2.45) is 11.8 Å². The summed E-state index contributed by atoms with van der Waals surface area (Å²) in [5.74, 6) is 1.95. The van der Waals surface area contributed by atoms with Gasteiger partial charge in [0.1, 0.15) is 0 Å². The first-order chi connectivity index (χ1) is 8.28. The number of hydrogen-bond acceptors (Lipinski definition) is 0. The molecule has 17 heavy (non-hydrogen) atoms. The zero-order valence-electron chi connectivity index (χ0n) is 12.8. The normalized spacial score (nSPS) is 13.2. The fraction of sp³-hybridized carbons (Fsp3) is 0.941. The van der Waals surface area contributed by atoms with Crippen LogP contribution in [-0.2, 0) is 0 Å². The molecule has 0 saturated carbocycles. The van der Waals surface area contributed by atoms with Crippen molar-refractivity contribution in [3.8, 4) is 0 Å². The Morgan fingerprint density at radius 2 is 1.24 bits per heavy atom. The molecule has 0 heterocycles. The second kappa shape index (κ2) is 12.5. The Balaban J connectivity index is 3.41. The topological polar surface area (TPSA) is 0 Å². The third-order valence-corrected chi connectivity index (χ3v) is 4.26. The lowest BCUT2D eigenvalue weighted by Gasteiger charge is -2.15. The van der Waals surface area contributed by atoms with Crippen molar-refractivity contribution in [2.45, 2.75) is 91.9 Å². The maximum absolute atomic E-state index is 2.55. The molecule has 0 aromatic rings. The van der Waals surface area contributed by atoms with Crippen LogP contribution >= 0.6 is 0 Å². The second-order valence-electron chi connectivity index (χ2n) is 5.54.